The molecule has 2 amide bonds. The van der Waals surface area contributed by atoms with Gasteiger partial charge >= 0.3 is 6.09 Å². The summed E-state index contributed by atoms with van der Waals surface area (Å²) in [6.07, 6.45) is 0.878. The van der Waals surface area contributed by atoms with E-state index in [9.17, 15) is 14.0 Å². The summed E-state index contributed by atoms with van der Waals surface area (Å²) >= 11 is 6.06. The predicted molar refractivity (Wildman–Crippen MR) is 118 cm³/mol. The summed E-state index contributed by atoms with van der Waals surface area (Å²) < 4.78 is 24.0. The van der Waals surface area contributed by atoms with E-state index in [2.05, 4.69) is 0 Å². The Balaban J connectivity index is 1.53. The third kappa shape index (κ3) is 5.05. The van der Waals surface area contributed by atoms with E-state index in [0.29, 0.717) is 44.2 Å². The number of likely N-dealkylation sites (tertiary alicyclic amines) is 1. The lowest BCUT2D eigenvalue weighted by molar-refractivity contribution is -0.137. The third-order valence-electron chi connectivity index (χ3n) is 6.27. The molecule has 32 heavy (non-hydrogen) atoms. The van der Waals surface area contributed by atoms with Crippen LogP contribution in [0.25, 0.3) is 0 Å². The van der Waals surface area contributed by atoms with E-state index in [1.165, 1.54) is 29.2 Å². The molecule has 0 bridgehead atoms. The highest BCUT2D eigenvalue weighted by Crippen LogP contribution is 2.33. The molecule has 2 heterocycles. The molecule has 2 aliphatic heterocycles. The van der Waals surface area contributed by atoms with E-state index < -0.39 is 11.9 Å². The van der Waals surface area contributed by atoms with Crippen LogP contribution in [0.3, 0.4) is 0 Å². The predicted octanol–water partition coefficient (Wildman–Crippen LogP) is 4.33. The highest BCUT2D eigenvalue weighted by atomic mass is 35.5. The summed E-state index contributed by atoms with van der Waals surface area (Å²) in [5, 5.41) is 0.627. The number of amides is 2. The van der Waals surface area contributed by atoms with Crippen molar-refractivity contribution in [3.8, 4) is 5.75 Å². The lowest BCUT2D eigenvalue weighted by Gasteiger charge is -2.28. The Morgan fingerprint density at radius 3 is 2.38 bits per heavy atom. The van der Waals surface area contributed by atoms with E-state index >= 15 is 0 Å². The number of ether oxygens (including phenoxy) is 2. The van der Waals surface area contributed by atoms with Gasteiger partial charge in [-0.1, -0.05) is 23.7 Å². The Morgan fingerprint density at radius 2 is 1.72 bits per heavy atom. The SMILES string of the molecule is CN(C(=O)Oc1ccc(F)cc1)C1CN(C(=O)C2CCOCC2)CC1c1ccc(Cl)cc1. The zero-order chi connectivity index (χ0) is 22.7. The molecule has 2 fully saturated rings. The molecular weight excluding hydrogens is 435 g/mol. The van der Waals surface area contributed by atoms with Crippen molar-refractivity contribution in [2.75, 3.05) is 33.4 Å². The monoisotopic (exact) mass is 460 g/mol. The van der Waals surface area contributed by atoms with Gasteiger partial charge in [-0.15, -0.1) is 0 Å². The molecule has 8 heteroatoms. The molecule has 0 N–H and O–H groups in total. The molecule has 0 aromatic heterocycles. The van der Waals surface area contributed by atoms with Crippen molar-refractivity contribution >= 4 is 23.6 Å². The van der Waals surface area contributed by atoms with Gasteiger partial charge in [0, 0.05) is 50.2 Å². The maximum absolute atomic E-state index is 13.2. The first-order chi connectivity index (χ1) is 15.4. The van der Waals surface area contributed by atoms with E-state index in [4.69, 9.17) is 21.1 Å². The smallest absolute Gasteiger partial charge is 0.410 e. The van der Waals surface area contributed by atoms with Crippen molar-refractivity contribution in [3.63, 3.8) is 0 Å². The molecule has 2 saturated heterocycles. The number of halogens is 2. The molecule has 0 aliphatic carbocycles. The van der Waals surface area contributed by atoms with Crippen LogP contribution in [0, 0.1) is 11.7 Å². The minimum Gasteiger partial charge on any atom is -0.410 e. The molecule has 2 aliphatic rings. The van der Waals surface area contributed by atoms with Gasteiger partial charge in [-0.25, -0.2) is 9.18 Å². The highest BCUT2D eigenvalue weighted by Gasteiger charge is 2.42. The van der Waals surface area contributed by atoms with E-state index in [1.54, 1.807) is 7.05 Å². The van der Waals surface area contributed by atoms with Crippen LogP contribution in [0.4, 0.5) is 9.18 Å². The standard InChI is InChI=1S/C24H26ClFN2O4/c1-27(24(30)32-20-8-6-19(26)7-9-20)22-15-28(23(29)17-10-12-31-13-11-17)14-21(22)16-2-4-18(25)5-3-16/h2-9,17,21-22H,10-15H2,1H3. The summed E-state index contributed by atoms with van der Waals surface area (Å²) in [6.45, 7) is 2.12. The summed E-state index contributed by atoms with van der Waals surface area (Å²) in [6, 6.07) is 12.5. The minimum absolute atomic E-state index is 0.0511. The van der Waals surface area contributed by atoms with Crippen LogP contribution >= 0.6 is 11.6 Å². The average molecular weight is 461 g/mol. The maximum Gasteiger partial charge on any atom is 0.415 e. The Hall–Kier alpha value is -2.64. The fraction of sp³-hybridized carbons (Fsp3) is 0.417. The number of hydrogen-bond donors (Lipinski definition) is 0. The summed E-state index contributed by atoms with van der Waals surface area (Å²) in [5.74, 6) is -0.167. The fourth-order valence-corrected chi connectivity index (χ4v) is 4.54. The van der Waals surface area contributed by atoms with Crippen molar-refractivity contribution in [2.45, 2.75) is 24.8 Å². The van der Waals surface area contributed by atoms with Gasteiger partial charge in [0.25, 0.3) is 0 Å². The number of nitrogens with zero attached hydrogens (tertiary/aromatic N) is 2. The topological polar surface area (TPSA) is 59.1 Å². The second-order valence-electron chi connectivity index (χ2n) is 8.29. The normalized spacial score (nSPS) is 21.4. The zero-order valence-corrected chi connectivity index (χ0v) is 18.6. The van der Waals surface area contributed by atoms with E-state index in [0.717, 1.165) is 5.56 Å². The first-order valence-corrected chi connectivity index (χ1v) is 11.1. The quantitative estimate of drug-likeness (QED) is 0.681. The summed E-state index contributed by atoms with van der Waals surface area (Å²) in [7, 11) is 1.67. The Kier molecular flexibility index (Phi) is 6.96. The summed E-state index contributed by atoms with van der Waals surface area (Å²) in [4.78, 5) is 29.4. The van der Waals surface area contributed by atoms with Gasteiger partial charge in [-0.05, 0) is 54.8 Å². The number of hydrogen-bond acceptors (Lipinski definition) is 4. The maximum atomic E-state index is 13.2. The van der Waals surface area contributed by atoms with Gasteiger partial charge in [-0.3, -0.25) is 4.79 Å². The van der Waals surface area contributed by atoms with Crippen LogP contribution in [0.15, 0.2) is 48.5 Å². The first kappa shape index (κ1) is 22.6. The van der Waals surface area contributed by atoms with Gasteiger partial charge in [0.05, 0.1) is 6.04 Å². The number of likely N-dealkylation sites (N-methyl/N-ethyl adjacent to an activating group) is 1. The van der Waals surface area contributed by atoms with Gasteiger partial charge in [-0.2, -0.15) is 0 Å². The van der Waals surface area contributed by atoms with E-state index in [-0.39, 0.29) is 29.5 Å². The molecule has 2 aromatic carbocycles. The molecule has 0 saturated carbocycles. The largest absolute Gasteiger partial charge is 0.415 e. The number of benzene rings is 2. The van der Waals surface area contributed by atoms with E-state index in [1.807, 2.05) is 29.2 Å². The molecule has 2 aromatic rings. The molecule has 6 nitrogen and oxygen atoms in total. The van der Waals surface area contributed by atoms with Crippen molar-refractivity contribution in [1.82, 2.24) is 9.80 Å². The van der Waals surface area contributed by atoms with Crippen LogP contribution in [0.1, 0.15) is 24.3 Å². The lowest BCUT2D eigenvalue weighted by atomic mass is 9.93. The average Bonchev–Trinajstić information content (AvgIpc) is 3.26. The Morgan fingerprint density at radius 1 is 1.06 bits per heavy atom. The Labute approximate surface area is 191 Å². The van der Waals surface area contributed by atoms with Crippen molar-refractivity contribution in [1.29, 1.82) is 0 Å². The number of carbonyl (C=O) groups excluding carboxylic acids is 2. The molecule has 4 rings (SSSR count). The molecule has 170 valence electrons. The van der Waals surface area contributed by atoms with Gasteiger partial charge in [0.2, 0.25) is 5.91 Å². The number of carbonyl (C=O) groups is 2. The van der Waals surface area contributed by atoms with Crippen molar-refractivity contribution in [3.05, 3.63) is 64.9 Å². The Bertz CT molecular complexity index is 947. The second kappa shape index (κ2) is 9.88. The van der Waals surface area contributed by atoms with Crippen molar-refractivity contribution < 1.29 is 23.5 Å². The zero-order valence-electron chi connectivity index (χ0n) is 17.9. The third-order valence-corrected chi connectivity index (χ3v) is 6.53. The second-order valence-corrected chi connectivity index (χ2v) is 8.72. The highest BCUT2D eigenvalue weighted by molar-refractivity contribution is 6.30. The van der Waals surface area contributed by atoms with Crippen LogP contribution in [-0.2, 0) is 9.53 Å². The van der Waals surface area contributed by atoms with Crippen LogP contribution in [0.5, 0.6) is 5.75 Å². The molecular formula is C24H26ClFN2O4. The van der Waals surface area contributed by atoms with Crippen molar-refractivity contribution in [2.24, 2.45) is 5.92 Å². The number of rotatable bonds is 4. The van der Waals surface area contributed by atoms with Crippen LogP contribution < -0.4 is 4.74 Å². The van der Waals surface area contributed by atoms with Gasteiger partial charge in [0.15, 0.2) is 0 Å². The molecule has 0 spiro atoms. The first-order valence-electron chi connectivity index (χ1n) is 10.7. The molecule has 0 radical (unpaired) electrons. The molecule has 2 atom stereocenters. The van der Waals surface area contributed by atoms with Gasteiger partial charge < -0.3 is 19.3 Å². The minimum atomic E-state index is -0.555. The lowest BCUT2D eigenvalue weighted by Crippen LogP contribution is -2.44. The van der Waals surface area contributed by atoms with Gasteiger partial charge in [0.1, 0.15) is 11.6 Å². The van der Waals surface area contributed by atoms with Crippen LogP contribution in [-0.4, -0.2) is 61.2 Å². The molecule has 2 unspecified atom stereocenters. The summed E-state index contributed by atoms with van der Waals surface area (Å²) in [5.41, 5.74) is 1.00. The van der Waals surface area contributed by atoms with Crippen LogP contribution in [0.2, 0.25) is 5.02 Å². The fourth-order valence-electron chi connectivity index (χ4n) is 4.41.